The van der Waals surface area contributed by atoms with Crippen molar-refractivity contribution in [2.75, 3.05) is 0 Å². The maximum absolute atomic E-state index is 9.57. The van der Waals surface area contributed by atoms with Gasteiger partial charge in [0.2, 0.25) is 0 Å². The van der Waals surface area contributed by atoms with Gasteiger partial charge in [0, 0.05) is 11.6 Å². The topological polar surface area (TPSA) is 55.5 Å². The van der Waals surface area contributed by atoms with Crippen LogP contribution in [-0.4, -0.2) is 10.7 Å². The fourth-order valence-corrected chi connectivity index (χ4v) is 1.31. The molecule has 3 heteroatoms. The highest BCUT2D eigenvalue weighted by Gasteiger charge is 2.14. The van der Waals surface area contributed by atoms with Crippen LogP contribution in [-0.2, 0) is 0 Å². The predicted molar refractivity (Wildman–Crippen MR) is 61.1 cm³/mol. The molecule has 3 N–H and O–H groups in total. The molecule has 1 aromatic carbocycles. The van der Waals surface area contributed by atoms with E-state index >= 15 is 0 Å². The Morgan fingerprint density at radius 1 is 1.33 bits per heavy atom. The van der Waals surface area contributed by atoms with Crippen LogP contribution in [0.4, 0.5) is 0 Å². The van der Waals surface area contributed by atoms with Crippen LogP contribution < -0.4 is 10.5 Å². The van der Waals surface area contributed by atoms with Crippen LogP contribution in [0.2, 0.25) is 0 Å². The second kappa shape index (κ2) is 4.11. The van der Waals surface area contributed by atoms with Crippen molar-refractivity contribution in [1.82, 2.24) is 0 Å². The minimum atomic E-state index is -0.244. The largest absolute Gasteiger partial charge is 0.508 e. The Bertz CT molecular complexity index is 340. The Kier molecular flexibility index (Phi) is 3.25. The van der Waals surface area contributed by atoms with Gasteiger partial charge in [0.15, 0.2) is 0 Å². The van der Waals surface area contributed by atoms with Crippen molar-refractivity contribution in [3.8, 4) is 11.5 Å². The van der Waals surface area contributed by atoms with E-state index in [4.69, 9.17) is 10.5 Å². The van der Waals surface area contributed by atoms with Gasteiger partial charge in [0.1, 0.15) is 17.1 Å². The fraction of sp³-hybridized carbons (Fsp3) is 0.500. The van der Waals surface area contributed by atoms with E-state index in [1.807, 2.05) is 27.7 Å². The molecule has 1 atom stereocenters. The summed E-state index contributed by atoms with van der Waals surface area (Å²) in [5.41, 5.74) is 6.19. The number of benzene rings is 1. The van der Waals surface area contributed by atoms with Gasteiger partial charge in [-0.2, -0.15) is 0 Å². The highest BCUT2D eigenvalue weighted by Crippen LogP contribution is 2.28. The molecule has 0 aliphatic carbocycles. The van der Waals surface area contributed by atoms with Crippen molar-refractivity contribution in [2.24, 2.45) is 5.73 Å². The third kappa shape index (κ3) is 3.44. The van der Waals surface area contributed by atoms with Gasteiger partial charge in [0.05, 0.1) is 0 Å². The van der Waals surface area contributed by atoms with Crippen molar-refractivity contribution in [3.05, 3.63) is 23.8 Å². The summed E-state index contributed by atoms with van der Waals surface area (Å²) < 4.78 is 5.68. The van der Waals surface area contributed by atoms with Gasteiger partial charge in [-0.1, -0.05) is 0 Å². The lowest BCUT2D eigenvalue weighted by Crippen LogP contribution is -2.23. The van der Waals surface area contributed by atoms with Gasteiger partial charge >= 0.3 is 0 Å². The van der Waals surface area contributed by atoms with E-state index in [0.29, 0.717) is 5.56 Å². The normalized spacial score (nSPS) is 13.7. The van der Waals surface area contributed by atoms with Gasteiger partial charge in [-0.15, -0.1) is 0 Å². The zero-order valence-corrected chi connectivity index (χ0v) is 9.74. The molecule has 0 bridgehead atoms. The number of hydrogen-bond donors (Lipinski definition) is 2. The van der Waals surface area contributed by atoms with Crippen LogP contribution in [0.3, 0.4) is 0 Å². The van der Waals surface area contributed by atoms with Crippen LogP contribution in [0.5, 0.6) is 11.5 Å². The molecule has 0 aromatic heterocycles. The standard InChI is InChI=1S/C12H19NO2/c1-8(13)10-7-9(5-6-11(10)14)15-12(2,3)4/h5-8,14H,13H2,1-4H3/t8-/m0/s1. The molecule has 84 valence electrons. The van der Waals surface area contributed by atoms with Crippen molar-refractivity contribution >= 4 is 0 Å². The summed E-state index contributed by atoms with van der Waals surface area (Å²) in [4.78, 5) is 0. The number of ether oxygens (including phenoxy) is 1. The summed E-state index contributed by atoms with van der Waals surface area (Å²) in [6, 6.07) is 4.94. The van der Waals surface area contributed by atoms with Gasteiger partial charge in [-0.25, -0.2) is 0 Å². The van der Waals surface area contributed by atoms with Crippen LogP contribution >= 0.6 is 0 Å². The molecule has 15 heavy (non-hydrogen) atoms. The summed E-state index contributed by atoms with van der Waals surface area (Å²) in [7, 11) is 0. The number of phenolic OH excluding ortho intramolecular Hbond substituents is 1. The van der Waals surface area contributed by atoms with Crippen LogP contribution in [0.1, 0.15) is 39.3 Å². The first-order valence-corrected chi connectivity index (χ1v) is 5.07. The Labute approximate surface area is 90.9 Å². The Morgan fingerprint density at radius 2 is 1.93 bits per heavy atom. The Hall–Kier alpha value is -1.22. The lowest BCUT2D eigenvalue weighted by molar-refractivity contribution is 0.130. The second-order valence-corrected chi connectivity index (χ2v) is 4.72. The molecule has 1 aromatic rings. The van der Waals surface area contributed by atoms with E-state index in [2.05, 4.69) is 0 Å². The SMILES string of the molecule is C[C@H](N)c1cc(OC(C)(C)C)ccc1O. The lowest BCUT2D eigenvalue weighted by Gasteiger charge is -2.22. The van der Waals surface area contributed by atoms with Crippen molar-refractivity contribution in [1.29, 1.82) is 0 Å². The Balaban J connectivity index is 2.98. The highest BCUT2D eigenvalue weighted by molar-refractivity contribution is 5.41. The first-order chi connectivity index (χ1) is 6.79. The van der Waals surface area contributed by atoms with E-state index in [9.17, 15) is 5.11 Å². The van der Waals surface area contributed by atoms with E-state index in [1.165, 1.54) is 0 Å². The van der Waals surface area contributed by atoms with E-state index in [1.54, 1.807) is 18.2 Å². The predicted octanol–water partition coefficient (Wildman–Crippen LogP) is 2.59. The minimum Gasteiger partial charge on any atom is -0.508 e. The van der Waals surface area contributed by atoms with Crippen molar-refractivity contribution in [2.45, 2.75) is 39.3 Å². The quantitative estimate of drug-likeness (QED) is 0.787. The summed E-state index contributed by atoms with van der Waals surface area (Å²) in [6.45, 7) is 7.76. The first-order valence-electron chi connectivity index (χ1n) is 5.07. The molecule has 0 spiro atoms. The molecule has 1 rings (SSSR count). The molecule has 0 saturated heterocycles. The van der Waals surface area contributed by atoms with Gasteiger partial charge in [-0.3, -0.25) is 0 Å². The molecule has 0 aliphatic heterocycles. The molecular weight excluding hydrogens is 190 g/mol. The average Bonchev–Trinajstić information content (AvgIpc) is 2.05. The maximum atomic E-state index is 9.57. The van der Waals surface area contributed by atoms with Crippen LogP contribution in [0.15, 0.2) is 18.2 Å². The lowest BCUT2D eigenvalue weighted by atomic mass is 10.1. The highest BCUT2D eigenvalue weighted by atomic mass is 16.5. The fourth-order valence-electron chi connectivity index (χ4n) is 1.31. The number of rotatable bonds is 2. The van der Waals surface area contributed by atoms with E-state index in [0.717, 1.165) is 5.75 Å². The monoisotopic (exact) mass is 209 g/mol. The van der Waals surface area contributed by atoms with E-state index < -0.39 is 0 Å². The number of phenols is 1. The zero-order chi connectivity index (χ0) is 11.6. The second-order valence-electron chi connectivity index (χ2n) is 4.72. The Morgan fingerprint density at radius 3 is 2.40 bits per heavy atom. The number of nitrogens with two attached hydrogens (primary N) is 1. The molecule has 3 nitrogen and oxygen atoms in total. The summed E-state index contributed by atoms with van der Waals surface area (Å²) in [6.07, 6.45) is 0. The summed E-state index contributed by atoms with van der Waals surface area (Å²) in [5.74, 6) is 0.943. The van der Waals surface area contributed by atoms with E-state index in [-0.39, 0.29) is 17.4 Å². The molecular formula is C12H19NO2. The van der Waals surface area contributed by atoms with Gasteiger partial charge in [-0.05, 0) is 45.9 Å². The van der Waals surface area contributed by atoms with Crippen molar-refractivity contribution < 1.29 is 9.84 Å². The van der Waals surface area contributed by atoms with Crippen LogP contribution in [0.25, 0.3) is 0 Å². The third-order valence-electron chi connectivity index (χ3n) is 1.91. The van der Waals surface area contributed by atoms with Crippen LogP contribution in [0, 0.1) is 0 Å². The number of hydrogen-bond acceptors (Lipinski definition) is 3. The molecule has 0 fully saturated rings. The summed E-state index contributed by atoms with van der Waals surface area (Å²) >= 11 is 0. The molecule has 0 aliphatic rings. The first kappa shape index (κ1) is 11.9. The third-order valence-corrected chi connectivity index (χ3v) is 1.91. The zero-order valence-electron chi connectivity index (χ0n) is 9.74. The smallest absolute Gasteiger partial charge is 0.120 e. The maximum Gasteiger partial charge on any atom is 0.120 e. The van der Waals surface area contributed by atoms with Gasteiger partial charge < -0.3 is 15.6 Å². The molecule has 0 amide bonds. The number of aromatic hydroxyl groups is 1. The molecule has 0 unspecified atom stereocenters. The summed E-state index contributed by atoms with van der Waals surface area (Å²) in [5, 5.41) is 9.57. The van der Waals surface area contributed by atoms with Gasteiger partial charge in [0.25, 0.3) is 0 Å². The molecule has 0 saturated carbocycles. The minimum absolute atomic E-state index is 0.200. The van der Waals surface area contributed by atoms with Crippen molar-refractivity contribution in [3.63, 3.8) is 0 Å². The molecule has 0 heterocycles. The molecule has 0 radical (unpaired) electrons. The average molecular weight is 209 g/mol.